The van der Waals surface area contributed by atoms with Crippen LogP contribution in [0.1, 0.15) is 18.4 Å². The van der Waals surface area contributed by atoms with Crippen molar-refractivity contribution in [1.29, 1.82) is 0 Å². The van der Waals surface area contributed by atoms with Crippen LogP contribution in [0.15, 0.2) is 42.7 Å². The van der Waals surface area contributed by atoms with Gasteiger partial charge in [-0.15, -0.1) is 0 Å². The highest BCUT2D eigenvalue weighted by molar-refractivity contribution is 5.78. The lowest BCUT2D eigenvalue weighted by Crippen LogP contribution is -2.45. The first-order valence-electron chi connectivity index (χ1n) is 7.77. The molecule has 0 bridgehead atoms. The van der Waals surface area contributed by atoms with E-state index in [-0.39, 0.29) is 24.2 Å². The summed E-state index contributed by atoms with van der Waals surface area (Å²) in [6.07, 6.45) is 5.20. The van der Waals surface area contributed by atoms with Crippen molar-refractivity contribution in [3.63, 3.8) is 0 Å². The molecule has 0 atom stereocenters. The molecule has 1 aromatic carbocycles. The molecule has 1 aliphatic heterocycles. The molecule has 5 nitrogen and oxygen atoms in total. The molecule has 120 valence electrons. The van der Waals surface area contributed by atoms with Crippen molar-refractivity contribution in [2.45, 2.75) is 25.3 Å². The van der Waals surface area contributed by atoms with E-state index in [2.05, 4.69) is 20.2 Å². The average Bonchev–Trinajstić information content (AvgIpc) is 2.58. The van der Waals surface area contributed by atoms with Gasteiger partial charge in [0.25, 0.3) is 0 Å². The highest BCUT2D eigenvalue weighted by atomic mass is 19.1. The Morgan fingerprint density at radius 1 is 1.17 bits per heavy atom. The number of carbonyl (C=O) groups is 1. The number of hydrogen-bond donors (Lipinski definition) is 1. The van der Waals surface area contributed by atoms with Crippen LogP contribution in [-0.4, -0.2) is 35.0 Å². The van der Waals surface area contributed by atoms with E-state index in [1.54, 1.807) is 36.7 Å². The number of hydrogen-bond acceptors (Lipinski definition) is 4. The average molecular weight is 314 g/mol. The highest BCUT2D eigenvalue weighted by Gasteiger charge is 2.22. The van der Waals surface area contributed by atoms with Gasteiger partial charge >= 0.3 is 0 Å². The van der Waals surface area contributed by atoms with Gasteiger partial charge in [-0.25, -0.2) is 14.4 Å². The second-order valence-corrected chi connectivity index (χ2v) is 5.65. The van der Waals surface area contributed by atoms with Crippen molar-refractivity contribution in [3.8, 4) is 0 Å². The van der Waals surface area contributed by atoms with E-state index in [1.165, 1.54) is 6.07 Å². The maximum Gasteiger partial charge on any atom is 0.225 e. The number of carbonyl (C=O) groups excluding carboxylic acids is 1. The fourth-order valence-corrected chi connectivity index (χ4v) is 2.77. The monoisotopic (exact) mass is 314 g/mol. The smallest absolute Gasteiger partial charge is 0.225 e. The van der Waals surface area contributed by atoms with Gasteiger partial charge in [-0.1, -0.05) is 18.2 Å². The summed E-state index contributed by atoms with van der Waals surface area (Å²) >= 11 is 0. The molecule has 1 N–H and O–H groups in total. The maximum absolute atomic E-state index is 13.6. The summed E-state index contributed by atoms with van der Waals surface area (Å²) in [4.78, 5) is 22.7. The number of aromatic nitrogens is 2. The van der Waals surface area contributed by atoms with Gasteiger partial charge in [0, 0.05) is 31.5 Å². The fraction of sp³-hybridized carbons (Fsp3) is 0.353. The molecule has 6 heteroatoms. The molecule has 23 heavy (non-hydrogen) atoms. The van der Waals surface area contributed by atoms with Gasteiger partial charge in [-0.3, -0.25) is 4.79 Å². The number of rotatable bonds is 4. The molecule has 0 saturated carbocycles. The zero-order chi connectivity index (χ0) is 16.1. The standard InChI is InChI=1S/C17H19FN4O/c18-15-5-2-1-4-13(15)12-16(23)21-14-6-10-22(11-7-14)17-19-8-3-9-20-17/h1-5,8-9,14H,6-7,10-12H2,(H,21,23). The number of amides is 1. The Bertz CT molecular complexity index is 657. The molecule has 3 rings (SSSR count). The minimum Gasteiger partial charge on any atom is -0.353 e. The molecule has 2 heterocycles. The Morgan fingerprint density at radius 2 is 1.87 bits per heavy atom. The van der Waals surface area contributed by atoms with Crippen molar-refractivity contribution in [2.24, 2.45) is 0 Å². The van der Waals surface area contributed by atoms with E-state index < -0.39 is 0 Å². The summed E-state index contributed by atoms with van der Waals surface area (Å²) in [7, 11) is 0. The van der Waals surface area contributed by atoms with E-state index >= 15 is 0 Å². The molecule has 2 aromatic rings. The molecular weight excluding hydrogens is 295 g/mol. The zero-order valence-corrected chi connectivity index (χ0v) is 12.8. The summed E-state index contributed by atoms with van der Waals surface area (Å²) in [5.74, 6) is 0.256. The van der Waals surface area contributed by atoms with E-state index in [0.29, 0.717) is 5.56 Å². The summed E-state index contributed by atoms with van der Waals surface area (Å²) in [6, 6.07) is 8.29. The molecule has 1 aromatic heterocycles. The van der Waals surface area contributed by atoms with Crippen LogP contribution in [-0.2, 0) is 11.2 Å². The summed E-state index contributed by atoms with van der Waals surface area (Å²) in [6.45, 7) is 1.60. The van der Waals surface area contributed by atoms with Gasteiger partial charge < -0.3 is 10.2 Å². The predicted octanol–water partition coefficient (Wildman–Crippen LogP) is 1.94. The molecular formula is C17H19FN4O. The number of anilines is 1. The quantitative estimate of drug-likeness (QED) is 0.937. The summed E-state index contributed by atoms with van der Waals surface area (Å²) in [5, 5.41) is 2.99. The third kappa shape index (κ3) is 4.03. The van der Waals surface area contributed by atoms with Gasteiger partial charge in [0.15, 0.2) is 0 Å². The van der Waals surface area contributed by atoms with Crippen LogP contribution in [0.25, 0.3) is 0 Å². The van der Waals surface area contributed by atoms with Crippen molar-refractivity contribution in [1.82, 2.24) is 15.3 Å². The van der Waals surface area contributed by atoms with Gasteiger partial charge in [-0.05, 0) is 30.5 Å². The number of benzene rings is 1. The Kier molecular flexibility index (Phi) is 4.80. The first-order chi connectivity index (χ1) is 11.2. The molecule has 1 fully saturated rings. The van der Waals surface area contributed by atoms with E-state index in [1.807, 2.05) is 0 Å². The zero-order valence-electron chi connectivity index (χ0n) is 12.8. The minimum atomic E-state index is -0.335. The fourth-order valence-electron chi connectivity index (χ4n) is 2.77. The van der Waals surface area contributed by atoms with Gasteiger partial charge in [0.05, 0.1) is 6.42 Å². The summed E-state index contributed by atoms with van der Waals surface area (Å²) in [5.41, 5.74) is 0.431. The third-order valence-electron chi connectivity index (χ3n) is 4.00. The normalized spacial score (nSPS) is 15.4. The lowest BCUT2D eigenvalue weighted by molar-refractivity contribution is -0.121. The first kappa shape index (κ1) is 15.4. The molecule has 1 aliphatic rings. The van der Waals surface area contributed by atoms with Crippen LogP contribution in [0.3, 0.4) is 0 Å². The molecule has 0 aliphatic carbocycles. The Labute approximate surface area is 134 Å². The summed E-state index contributed by atoms with van der Waals surface area (Å²) < 4.78 is 13.6. The number of nitrogens with zero attached hydrogens (tertiary/aromatic N) is 3. The molecule has 0 spiro atoms. The SMILES string of the molecule is O=C(Cc1ccccc1F)NC1CCN(c2ncccn2)CC1. The topological polar surface area (TPSA) is 58.1 Å². The second kappa shape index (κ2) is 7.17. The van der Waals surface area contributed by atoms with E-state index in [4.69, 9.17) is 0 Å². The van der Waals surface area contributed by atoms with E-state index in [9.17, 15) is 9.18 Å². The van der Waals surface area contributed by atoms with Gasteiger partial charge in [0.2, 0.25) is 11.9 Å². The Hall–Kier alpha value is -2.50. The van der Waals surface area contributed by atoms with Crippen molar-refractivity contribution in [3.05, 3.63) is 54.1 Å². The largest absolute Gasteiger partial charge is 0.353 e. The number of piperidine rings is 1. The van der Waals surface area contributed by atoms with Crippen molar-refractivity contribution >= 4 is 11.9 Å². The Morgan fingerprint density at radius 3 is 2.57 bits per heavy atom. The lowest BCUT2D eigenvalue weighted by Gasteiger charge is -2.32. The van der Waals surface area contributed by atoms with Gasteiger partial charge in [0.1, 0.15) is 5.82 Å². The predicted molar refractivity (Wildman–Crippen MR) is 85.5 cm³/mol. The van der Waals surface area contributed by atoms with Crippen LogP contribution in [0.2, 0.25) is 0 Å². The Balaban J connectivity index is 1.49. The van der Waals surface area contributed by atoms with Gasteiger partial charge in [-0.2, -0.15) is 0 Å². The van der Waals surface area contributed by atoms with Crippen molar-refractivity contribution in [2.75, 3.05) is 18.0 Å². The third-order valence-corrected chi connectivity index (χ3v) is 4.00. The maximum atomic E-state index is 13.6. The molecule has 0 radical (unpaired) electrons. The van der Waals surface area contributed by atoms with Crippen LogP contribution >= 0.6 is 0 Å². The van der Waals surface area contributed by atoms with Crippen molar-refractivity contribution < 1.29 is 9.18 Å². The second-order valence-electron chi connectivity index (χ2n) is 5.65. The highest BCUT2D eigenvalue weighted by Crippen LogP contribution is 2.15. The molecule has 0 unspecified atom stereocenters. The number of halogens is 1. The first-order valence-corrected chi connectivity index (χ1v) is 7.77. The van der Waals surface area contributed by atoms with Crippen LogP contribution in [0, 0.1) is 5.82 Å². The minimum absolute atomic E-state index is 0.0781. The van der Waals surface area contributed by atoms with Crippen LogP contribution < -0.4 is 10.2 Å². The lowest BCUT2D eigenvalue weighted by atomic mass is 10.0. The van der Waals surface area contributed by atoms with Crippen LogP contribution in [0.5, 0.6) is 0 Å². The number of nitrogens with one attached hydrogen (secondary N) is 1. The molecule has 1 saturated heterocycles. The van der Waals surface area contributed by atoms with Crippen LogP contribution in [0.4, 0.5) is 10.3 Å². The van der Waals surface area contributed by atoms with E-state index in [0.717, 1.165) is 31.9 Å². The molecule has 1 amide bonds.